The van der Waals surface area contributed by atoms with Crippen molar-refractivity contribution in [3.8, 4) is 27.9 Å². The highest BCUT2D eigenvalue weighted by atomic mass is 16.3. The molecule has 12 aromatic rings. The van der Waals surface area contributed by atoms with Crippen LogP contribution in [0.2, 0.25) is 0 Å². The van der Waals surface area contributed by atoms with Gasteiger partial charge in [0.25, 0.3) is 0 Å². The fourth-order valence-electron chi connectivity index (χ4n) is 9.31. The zero-order valence-electron chi connectivity index (χ0n) is 32.1. The summed E-state index contributed by atoms with van der Waals surface area (Å²) in [4.78, 5) is 2.40. The van der Waals surface area contributed by atoms with Gasteiger partial charge in [0.2, 0.25) is 0 Å². The summed E-state index contributed by atoms with van der Waals surface area (Å²) in [6.45, 7) is 0. The smallest absolute Gasteiger partial charge is 0.159 e. The first-order valence-electron chi connectivity index (χ1n) is 20.2. The second kappa shape index (κ2) is 13.4. The minimum Gasteiger partial charge on any atom is -0.454 e. The average molecular weight is 753 g/mol. The van der Waals surface area contributed by atoms with Crippen LogP contribution < -0.4 is 4.90 Å². The van der Waals surface area contributed by atoms with Crippen molar-refractivity contribution in [3.63, 3.8) is 0 Å². The number of hydrogen-bond acceptors (Lipinski definition) is 2. The van der Waals surface area contributed by atoms with E-state index >= 15 is 0 Å². The normalized spacial score (nSPS) is 11.7. The summed E-state index contributed by atoms with van der Waals surface area (Å²) < 4.78 is 9.23. The van der Waals surface area contributed by atoms with Crippen LogP contribution >= 0.6 is 0 Å². The molecule has 2 aromatic heterocycles. The molecule has 12 rings (SSSR count). The minimum atomic E-state index is 0.851. The lowest BCUT2D eigenvalue weighted by Gasteiger charge is -2.27. The highest BCUT2D eigenvalue weighted by Gasteiger charge is 2.25. The van der Waals surface area contributed by atoms with Gasteiger partial charge in [-0.05, 0) is 98.4 Å². The van der Waals surface area contributed by atoms with Gasteiger partial charge in [0.05, 0.1) is 22.4 Å². The van der Waals surface area contributed by atoms with E-state index in [1.54, 1.807) is 0 Å². The zero-order valence-corrected chi connectivity index (χ0v) is 32.1. The molecule has 0 aliphatic carbocycles. The molecule has 59 heavy (non-hydrogen) atoms. The molecule has 0 amide bonds. The van der Waals surface area contributed by atoms with Crippen molar-refractivity contribution < 1.29 is 4.42 Å². The van der Waals surface area contributed by atoms with Gasteiger partial charge in [-0.3, -0.25) is 0 Å². The molecule has 276 valence electrons. The van der Waals surface area contributed by atoms with Crippen LogP contribution in [0.15, 0.2) is 223 Å². The number of furan rings is 1. The topological polar surface area (TPSA) is 21.3 Å². The molecule has 0 saturated heterocycles. The number of anilines is 3. The van der Waals surface area contributed by atoms with E-state index in [-0.39, 0.29) is 0 Å². The van der Waals surface area contributed by atoms with Crippen molar-refractivity contribution in [2.24, 2.45) is 0 Å². The number of benzene rings is 10. The average Bonchev–Trinajstić information content (AvgIpc) is 3.85. The molecule has 0 N–H and O–H groups in total. The van der Waals surface area contributed by atoms with Crippen molar-refractivity contribution in [2.75, 3.05) is 4.90 Å². The third-order valence-corrected chi connectivity index (χ3v) is 11.9. The lowest BCUT2D eigenvalue weighted by Crippen LogP contribution is -2.12. The van der Waals surface area contributed by atoms with Crippen molar-refractivity contribution >= 4 is 82.4 Å². The van der Waals surface area contributed by atoms with E-state index in [0.717, 1.165) is 55.8 Å². The lowest BCUT2D eigenvalue weighted by atomic mass is 9.91. The first-order chi connectivity index (χ1) is 29.3. The highest BCUT2D eigenvalue weighted by molar-refractivity contribution is 6.19. The van der Waals surface area contributed by atoms with Crippen molar-refractivity contribution in [1.82, 2.24) is 4.57 Å². The van der Waals surface area contributed by atoms with Crippen LogP contribution in [0.1, 0.15) is 0 Å². The number of hydrogen-bond donors (Lipinski definition) is 0. The Morgan fingerprint density at radius 3 is 1.73 bits per heavy atom. The SMILES string of the molecule is c1ccc(-c2cccc3cccc(-c4ccc(N(c5cccc6c5oc5ccccc56)c5cccc6c7cc8ccccc8cc7n(-c7ccccc7)c56)cc4)c23)cc1. The summed E-state index contributed by atoms with van der Waals surface area (Å²) >= 11 is 0. The third kappa shape index (κ3) is 5.29. The Labute approximate surface area is 341 Å². The van der Waals surface area contributed by atoms with E-state index in [0.29, 0.717) is 0 Å². The molecule has 0 saturated carbocycles. The molecule has 0 radical (unpaired) electrons. The second-order valence-electron chi connectivity index (χ2n) is 15.3. The number of rotatable bonds is 6. The molecule has 0 bridgehead atoms. The van der Waals surface area contributed by atoms with Crippen LogP contribution in [-0.2, 0) is 0 Å². The van der Waals surface area contributed by atoms with Gasteiger partial charge in [-0.2, -0.15) is 0 Å². The van der Waals surface area contributed by atoms with Crippen LogP contribution in [0.5, 0.6) is 0 Å². The Bertz CT molecular complexity index is 3540. The van der Waals surface area contributed by atoms with Crippen molar-refractivity contribution in [2.45, 2.75) is 0 Å². The van der Waals surface area contributed by atoms with Gasteiger partial charge in [0.1, 0.15) is 5.58 Å². The molecule has 0 aliphatic rings. The Morgan fingerprint density at radius 2 is 0.966 bits per heavy atom. The molecule has 3 heteroatoms. The van der Waals surface area contributed by atoms with Gasteiger partial charge < -0.3 is 13.9 Å². The number of para-hydroxylation sites is 4. The maximum Gasteiger partial charge on any atom is 0.159 e. The predicted octanol–water partition coefficient (Wildman–Crippen LogP) is 15.8. The summed E-state index contributed by atoms with van der Waals surface area (Å²) in [7, 11) is 0. The maximum atomic E-state index is 6.79. The van der Waals surface area contributed by atoms with Gasteiger partial charge in [0, 0.05) is 32.9 Å². The van der Waals surface area contributed by atoms with E-state index in [1.807, 2.05) is 6.07 Å². The highest BCUT2D eigenvalue weighted by Crippen LogP contribution is 2.47. The molecule has 3 nitrogen and oxygen atoms in total. The fraction of sp³-hybridized carbons (Fsp3) is 0. The van der Waals surface area contributed by atoms with E-state index in [4.69, 9.17) is 4.42 Å². The Balaban J connectivity index is 1.13. The molecule has 0 aliphatic heterocycles. The van der Waals surface area contributed by atoms with E-state index < -0.39 is 0 Å². The second-order valence-corrected chi connectivity index (χ2v) is 15.3. The first kappa shape index (κ1) is 33.3. The summed E-state index contributed by atoms with van der Waals surface area (Å²) in [6, 6.07) is 78.7. The summed E-state index contributed by atoms with van der Waals surface area (Å²) in [5.41, 5.74) is 13.0. The molecule has 10 aromatic carbocycles. The van der Waals surface area contributed by atoms with Crippen LogP contribution in [0.25, 0.3) is 93.2 Å². The van der Waals surface area contributed by atoms with E-state index in [9.17, 15) is 0 Å². The zero-order chi connectivity index (χ0) is 38.9. The third-order valence-electron chi connectivity index (χ3n) is 11.9. The summed E-state index contributed by atoms with van der Waals surface area (Å²) in [5.74, 6) is 0. The largest absolute Gasteiger partial charge is 0.454 e. The minimum absolute atomic E-state index is 0.851. The van der Waals surface area contributed by atoms with Crippen LogP contribution in [-0.4, -0.2) is 4.57 Å². The quantitative estimate of drug-likeness (QED) is 0.169. The van der Waals surface area contributed by atoms with Gasteiger partial charge >= 0.3 is 0 Å². The number of fused-ring (bicyclic) bond motifs is 8. The first-order valence-corrected chi connectivity index (χ1v) is 20.2. The van der Waals surface area contributed by atoms with Gasteiger partial charge in [-0.25, -0.2) is 0 Å². The maximum absolute atomic E-state index is 6.79. The van der Waals surface area contributed by atoms with E-state index in [2.05, 4.69) is 222 Å². The summed E-state index contributed by atoms with van der Waals surface area (Å²) in [6.07, 6.45) is 0. The molecular formula is C56H36N2O. The van der Waals surface area contributed by atoms with Crippen LogP contribution in [0.3, 0.4) is 0 Å². The standard InChI is InChI=1S/C56H36N2O/c1-3-15-37(16-4-1)44-24-11-19-39-20-12-25-45(54(39)44)38-31-33-43(34-32-38)57(51-29-14-27-48-46-23-9-10-30-53(46)59-56(48)51)50-28-13-26-47-49-35-40-17-7-8-18-41(40)36-52(49)58(55(47)50)42-21-5-2-6-22-42/h1-36H. The predicted molar refractivity (Wildman–Crippen MR) is 249 cm³/mol. The van der Waals surface area contributed by atoms with Crippen molar-refractivity contribution in [3.05, 3.63) is 218 Å². The Hall–Kier alpha value is -7.88. The molecular weight excluding hydrogens is 717 g/mol. The van der Waals surface area contributed by atoms with E-state index in [1.165, 1.54) is 54.5 Å². The monoisotopic (exact) mass is 752 g/mol. The molecule has 0 atom stereocenters. The fourth-order valence-corrected chi connectivity index (χ4v) is 9.31. The molecule has 2 heterocycles. The van der Waals surface area contributed by atoms with Gasteiger partial charge in [-0.1, -0.05) is 164 Å². The molecule has 0 fully saturated rings. The lowest BCUT2D eigenvalue weighted by molar-refractivity contribution is 0.669. The van der Waals surface area contributed by atoms with Crippen molar-refractivity contribution in [1.29, 1.82) is 0 Å². The number of nitrogens with zero attached hydrogens (tertiary/aromatic N) is 2. The Morgan fingerprint density at radius 1 is 0.390 bits per heavy atom. The molecule has 0 spiro atoms. The van der Waals surface area contributed by atoms with Gasteiger partial charge in [0.15, 0.2) is 5.58 Å². The number of aromatic nitrogens is 1. The van der Waals surface area contributed by atoms with Crippen LogP contribution in [0.4, 0.5) is 17.1 Å². The molecule has 0 unspecified atom stereocenters. The van der Waals surface area contributed by atoms with Crippen LogP contribution in [0, 0.1) is 0 Å². The Kier molecular flexibility index (Phi) is 7.54. The summed E-state index contributed by atoms with van der Waals surface area (Å²) in [5, 5.41) is 9.51. The van der Waals surface area contributed by atoms with Gasteiger partial charge in [-0.15, -0.1) is 0 Å².